The van der Waals surface area contributed by atoms with Crippen LogP contribution in [0.4, 0.5) is 0 Å². The maximum Gasteiger partial charge on any atom is 0.254 e. The average molecular weight is 260 g/mol. The Bertz CT molecular complexity index is 468. The molecule has 1 aliphatic rings. The van der Waals surface area contributed by atoms with Gasteiger partial charge in [0.15, 0.2) is 0 Å². The number of hydrogen-bond acceptors (Lipinski definition) is 2. The molecule has 1 aromatic rings. The van der Waals surface area contributed by atoms with E-state index in [1.165, 1.54) is 6.42 Å². The molecule has 0 aromatic heterocycles. The zero-order valence-corrected chi connectivity index (χ0v) is 12.1. The van der Waals surface area contributed by atoms with Crippen molar-refractivity contribution in [3.05, 3.63) is 34.9 Å². The lowest BCUT2D eigenvalue weighted by Gasteiger charge is -2.38. The van der Waals surface area contributed by atoms with E-state index in [4.69, 9.17) is 5.73 Å². The van der Waals surface area contributed by atoms with Gasteiger partial charge >= 0.3 is 0 Å². The van der Waals surface area contributed by atoms with Crippen molar-refractivity contribution in [2.24, 2.45) is 5.73 Å². The number of carbonyl (C=O) groups excluding carboxylic acids is 1. The van der Waals surface area contributed by atoms with E-state index < -0.39 is 0 Å². The maximum absolute atomic E-state index is 12.8. The summed E-state index contributed by atoms with van der Waals surface area (Å²) in [5, 5.41) is 0. The first-order valence-electron chi connectivity index (χ1n) is 7.14. The summed E-state index contributed by atoms with van der Waals surface area (Å²) < 4.78 is 0. The normalized spacial score (nSPS) is 21.3. The van der Waals surface area contributed by atoms with E-state index in [9.17, 15) is 4.79 Å². The Morgan fingerprint density at radius 2 is 2.11 bits per heavy atom. The molecule has 1 amide bonds. The van der Waals surface area contributed by atoms with Gasteiger partial charge in [-0.1, -0.05) is 17.7 Å². The lowest BCUT2D eigenvalue weighted by atomic mass is 9.95. The molecule has 1 saturated heterocycles. The molecule has 2 rings (SSSR count). The van der Waals surface area contributed by atoms with Gasteiger partial charge in [0, 0.05) is 24.2 Å². The van der Waals surface area contributed by atoms with Crippen molar-refractivity contribution >= 4 is 5.91 Å². The van der Waals surface area contributed by atoms with Crippen LogP contribution in [0.1, 0.15) is 47.7 Å². The number of nitrogens with zero attached hydrogens (tertiary/aromatic N) is 1. The van der Waals surface area contributed by atoms with Crippen LogP contribution in [-0.2, 0) is 0 Å². The molecule has 0 spiro atoms. The molecule has 104 valence electrons. The van der Waals surface area contributed by atoms with Crippen molar-refractivity contribution in [1.82, 2.24) is 4.90 Å². The van der Waals surface area contributed by atoms with Crippen molar-refractivity contribution < 1.29 is 4.79 Å². The second-order valence-corrected chi connectivity index (χ2v) is 5.74. The fourth-order valence-corrected chi connectivity index (χ4v) is 2.88. The molecule has 1 aliphatic heterocycles. The molecule has 0 radical (unpaired) electrons. The number of carbonyl (C=O) groups is 1. The predicted molar refractivity (Wildman–Crippen MR) is 78.2 cm³/mol. The fourth-order valence-electron chi connectivity index (χ4n) is 2.88. The van der Waals surface area contributed by atoms with E-state index in [0.717, 1.165) is 36.1 Å². The highest BCUT2D eigenvalue weighted by Gasteiger charge is 2.30. The molecule has 0 aliphatic carbocycles. The van der Waals surface area contributed by atoms with Gasteiger partial charge in [-0.2, -0.15) is 0 Å². The third kappa shape index (κ3) is 2.98. The largest absolute Gasteiger partial charge is 0.334 e. The number of hydrogen-bond donors (Lipinski definition) is 1. The quantitative estimate of drug-likeness (QED) is 0.888. The van der Waals surface area contributed by atoms with E-state index in [1.807, 2.05) is 43.9 Å². The van der Waals surface area contributed by atoms with Crippen LogP contribution in [-0.4, -0.2) is 29.4 Å². The van der Waals surface area contributed by atoms with Gasteiger partial charge < -0.3 is 10.6 Å². The van der Waals surface area contributed by atoms with Crippen LogP contribution in [0.5, 0.6) is 0 Å². The second kappa shape index (κ2) is 5.74. The van der Waals surface area contributed by atoms with Crippen LogP contribution in [0.3, 0.4) is 0 Å². The number of benzene rings is 1. The molecule has 1 aromatic carbocycles. The fraction of sp³-hybridized carbons (Fsp3) is 0.562. The van der Waals surface area contributed by atoms with Crippen molar-refractivity contribution in [2.75, 3.05) is 6.54 Å². The third-order valence-electron chi connectivity index (χ3n) is 4.04. The number of likely N-dealkylation sites (tertiary alicyclic amines) is 1. The predicted octanol–water partition coefficient (Wildman–Crippen LogP) is 2.65. The minimum Gasteiger partial charge on any atom is -0.334 e. The topological polar surface area (TPSA) is 46.3 Å². The van der Waals surface area contributed by atoms with E-state index in [2.05, 4.69) is 0 Å². The van der Waals surface area contributed by atoms with E-state index in [1.54, 1.807) is 0 Å². The van der Waals surface area contributed by atoms with Crippen molar-refractivity contribution in [3.8, 4) is 0 Å². The molecule has 0 bridgehead atoms. The highest BCUT2D eigenvalue weighted by atomic mass is 16.2. The number of nitrogens with two attached hydrogens (primary N) is 1. The molecule has 3 nitrogen and oxygen atoms in total. The van der Waals surface area contributed by atoms with Crippen LogP contribution in [0, 0.1) is 13.8 Å². The van der Waals surface area contributed by atoms with Crippen LogP contribution < -0.4 is 5.73 Å². The first-order valence-corrected chi connectivity index (χ1v) is 7.14. The number of piperidine rings is 1. The summed E-state index contributed by atoms with van der Waals surface area (Å²) in [6, 6.07) is 6.28. The molecule has 0 saturated carbocycles. The number of amides is 1. The Morgan fingerprint density at radius 1 is 1.37 bits per heavy atom. The van der Waals surface area contributed by atoms with E-state index in [-0.39, 0.29) is 18.0 Å². The third-order valence-corrected chi connectivity index (χ3v) is 4.04. The van der Waals surface area contributed by atoms with Gasteiger partial charge in [-0.25, -0.2) is 0 Å². The first kappa shape index (κ1) is 14.1. The monoisotopic (exact) mass is 260 g/mol. The molecule has 1 heterocycles. The molecule has 0 unspecified atom stereocenters. The summed E-state index contributed by atoms with van der Waals surface area (Å²) in [5.41, 5.74) is 9.05. The summed E-state index contributed by atoms with van der Waals surface area (Å²) in [6.45, 7) is 6.85. The Hall–Kier alpha value is -1.35. The number of rotatable bonds is 2. The highest BCUT2D eigenvalue weighted by molar-refractivity contribution is 5.96. The summed E-state index contributed by atoms with van der Waals surface area (Å²) in [4.78, 5) is 14.7. The van der Waals surface area contributed by atoms with Gasteiger partial charge in [0.2, 0.25) is 0 Å². The highest BCUT2D eigenvalue weighted by Crippen LogP contribution is 2.23. The van der Waals surface area contributed by atoms with Crippen LogP contribution >= 0.6 is 0 Å². The molecule has 1 fully saturated rings. The van der Waals surface area contributed by atoms with Crippen LogP contribution in [0.15, 0.2) is 18.2 Å². The summed E-state index contributed by atoms with van der Waals surface area (Å²) in [7, 11) is 0. The summed E-state index contributed by atoms with van der Waals surface area (Å²) in [5.74, 6) is 0.142. The lowest BCUT2D eigenvalue weighted by Crippen LogP contribution is -2.51. The molecular weight excluding hydrogens is 236 g/mol. The average Bonchev–Trinajstić information content (AvgIpc) is 2.40. The smallest absolute Gasteiger partial charge is 0.254 e. The Labute approximate surface area is 115 Å². The van der Waals surface area contributed by atoms with Gasteiger partial charge in [0.05, 0.1) is 0 Å². The van der Waals surface area contributed by atoms with Gasteiger partial charge in [-0.3, -0.25) is 4.79 Å². The van der Waals surface area contributed by atoms with Gasteiger partial charge in [-0.15, -0.1) is 0 Å². The van der Waals surface area contributed by atoms with E-state index in [0.29, 0.717) is 0 Å². The second-order valence-electron chi connectivity index (χ2n) is 5.74. The van der Waals surface area contributed by atoms with E-state index >= 15 is 0 Å². The summed E-state index contributed by atoms with van der Waals surface area (Å²) >= 11 is 0. The minimum atomic E-state index is 0.0364. The lowest BCUT2D eigenvalue weighted by molar-refractivity contribution is 0.0583. The van der Waals surface area contributed by atoms with Crippen molar-refractivity contribution in [2.45, 2.75) is 52.1 Å². The maximum atomic E-state index is 12.8. The molecule has 3 heteroatoms. The molecule has 2 atom stereocenters. The minimum absolute atomic E-state index is 0.0364. The SMILES string of the molecule is Cc1ccc(C)c(C(=O)N2CCCC[C@@H]2[C@H](C)N)c1. The van der Waals surface area contributed by atoms with Gasteiger partial charge in [0.25, 0.3) is 5.91 Å². The van der Waals surface area contributed by atoms with Crippen LogP contribution in [0.2, 0.25) is 0 Å². The van der Waals surface area contributed by atoms with Gasteiger partial charge in [-0.05, 0) is 51.7 Å². The Kier molecular flexibility index (Phi) is 4.25. The molecular formula is C16H24N2O. The summed E-state index contributed by atoms with van der Waals surface area (Å²) in [6.07, 6.45) is 3.27. The first-order chi connectivity index (χ1) is 9.00. The molecule has 2 N–H and O–H groups in total. The Morgan fingerprint density at radius 3 is 2.79 bits per heavy atom. The zero-order valence-electron chi connectivity index (χ0n) is 12.1. The van der Waals surface area contributed by atoms with Gasteiger partial charge in [0.1, 0.15) is 0 Å². The van der Waals surface area contributed by atoms with Crippen molar-refractivity contribution in [1.29, 1.82) is 0 Å². The van der Waals surface area contributed by atoms with Crippen molar-refractivity contribution in [3.63, 3.8) is 0 Å². The van der Waals surface area contributed by atoms with Crippen LogP contribution in [0.25, 0.3) is 0 Å². The standard InChI is InChI=1S/C16H24N2O/c1-11-7-8-12(2)14(10-11)16(19)18-9-5-4-6-15(18)13(3)17/h7-8,10,13,15H,4-6,9,17H2,1-3H3/t13-,15+/m0/s1. The number of aryl methyl sites for hydroxylation is 2. The zero-order chi connectivity index (χ0) is 14.0. The Balaban J connectivity index is 2.28. The molecule has 19 heavy (non-hydrogen) atoms.